The van der Waals surface area contributed by atoms with Gasteiger partial charge in [-0.15, -0.1) is 0 Å². The van der Waals surface area contributed by atoms with E-state index in [0.29, 0.717) is 0 Å². The maximum Gasteiger partial charge on any atom is 0.315 e. The topological polar surface area (TPSA) is 74.5 Å². The zero-order valence-corrected chi connectivity index (χ0v) is 12.8. The number of hydrogen-bond acceptors (Lipinski definition) is 3. The zero-order valence-electron chi connectivity index (χ0n) is 12.8. The van der Waals surface area contributed by atoms with E-state index in [0.717, 1.165) is 42.4 Å². The summed E-state index contributed by atoms with van der Waals surface area (Å²) in [5, 5.41) is 16.4. The largest absolute Gasteiger partial charge is 0.459 e. The zero-order chi connectivity index (χ0) is 15.6. The lowest BCUT2D eigenvalue weighted by Crippen LogP contribution is -2.53. The Morgan fingerprint density at radius 3 is 2.77 bits per heavy atom. The molecular formula is C17H22N2O3. The molecule has 1 heterocycles. The molecule has 0 spiro atoms. The first kappa shape index (κ1) is 14.9. The Morgan fingerprint density at radius 1 is 1.36 bits per heavy atom. The first-order chi connectivity index (χ1) is 10.6. The molecule has 1 saturated carbocycles. The third kappa shape index (κ3) is 2.95. The number of hydrogen-bond donors (Lipinski definition) is 3. The van der Waals surface area contributed by atoms with Crippen molar-refractivity contribution >= 4 is 17.0 Å². The predicted molar refractivity (Wildman–Crippen MR) is 84.6 cm³/mol. The summed E-state index contributed by atoms with van der Waals surface area (Å²) in [6.45, 7) is 1.87. The molecule has 1 aliphatic carbocycles. The van der Waals surface area contributed by atoms with E-state index in [1.165, 1.54) is 0 Å². The molecular weight excluding hydrogens is 280 g/mol. The number of rotatable bonds is 4. The summed E-state index contributed by atoms with van der Waals surface area (Å²) in [6.07, 6.45) is 3.74. The predicted octanol–water partition coefficient (Wildman–Crippen LogP) is 3.10. The number of fused-ring (bicyclic) bond motifs is 1. The van der Waals surface area contributed by atoms with Gasteiger partial charge in [0, 0.05) is 5.39 Å². The molecule has 0 radical (unpaired) electrons. The number of carbonyl (C=O) groups excluding carboxylic acids is 1. The second kappa shape index (κ2) is 6.01. The number of para-hydroxylation sites is 1. The fourth-order valence-corrected chi connectivity index (χ4v) is 3.13. The Labute approximate surface area is 129 Å². The van der Waals surface area contributed by atoms with Crippen molar-refractivity contribution in [3.05, 3.63) is 36.1 Å². The van der Waals surface area contributed by atoms with Crippen LogP contribution in [0.4, 0.5) is 4.79 Å². The molecule has 5 nitrogen and oxygen atoms in total. The molecule has 2 amide bonds. The van der Waals surface area contributed by atoms with Crippen LogP contribution in [0.25, 0.3) is 11.0 Å². The lowest BCUT2D eigenvalue weighted by Gasteiger charge is -2.28. The minimum absolute atomic E-state index is 0.0144. The van der Waals surface area contributed by atoms with Gasteiger partial charge in [-0.05, 0) is 31.9 Å². The third-order valence-corrected chi connectivity index (χ3v) is 4.46. The van der Waals surface area contributed by atoms with E-state index in [9.17, 15) is 9.90 Å². The Bertz CT molecular complexity index is 626. The summed E-state index contributed by atoms with van der Waals surface area (Å²) >= 11 is 0. The van der Waals surface area contributed by atoms with Gasteiger partial charge in [0.15, 0.2) is 0 Å². The first-order valence-corrected chi connectivity index (χ1v) is 7.80. The molecule has 118 valence electrons. The smallest absolute Gasteiger partial charge is 0.315 e. The van der Waals surface area contributed by atoms with Crippen LogP contribution in [-0.2, 0) is 0 Å². The molecule has 1 unspecified atom stereocenters. The lowest BCUT2D eigenvalue weighted by atomic mass is 9.99. The third-order valence-electron chi connectivity index (χ3n) is 4.46. The second-order valence-corrected chi connectivity index (χ2v) is 6.15. The highest BCUT2D eigenvalue weighted by Gasteiger charge is 2.34. The van der Waals surface area contributed by atoms with Crippen molar-refractivity contribution in [1.29, 1.82) is 0 Å². The molecule has 3 N–H and O–H groups in total. The highest BCUT2D eigenvalue weighted by atomic mass is 16.3. The van der Waals surface area contributed by atoms with Crippen LogP contribution in [0.2, 0.25) is 0 Å². The van der Waals surface area contributed by atoms with Gasteiger partial charge in [-0.1, -0.05) is 31.0 Å². The summed E-state index contributed by atoms with van der Waals surface area (Å²) in [4.78, 5) is 12.2. The maximum atomic E-state index is 12.2. The van der Waals surface area contributed by atoms with Crippen molar-refractivity contribution in [2.75, 3.05) is 6.61 Å². The van der Waals surface area contributed by atoms with E-state index in [4.69, 9.17) is 4.42 Å². The normalized spacial score (nSPS) is 18.3. The van der Waals surface area contributed by atoms with Crippen LogP contribution in [0.15, 0.2) is 34.7 Å². The molecule has 0 bridgehead atoms. The molecule has 1 aliphatic rings. The Morgan fingerprint density at radius 2 is 2.09 bits per heavy atom. The van der Waals surface area contributed by atoms with E-state index < -0.39 is 5.54 Å². The number of aliphatic hydroxyl groups is 1. The van der Waals surface area contributed by atoms with Gasteiger partial charge < -0.3 is 20.2 Å². The Balaban J connectivity index is 1.65. The number of aliphatic hydroxyl groups excluding tert-OH is 1. The average molecular weight is 302 g/mol. The van der Waals surface area contributed by atoms with E-state index in [1.807, 2.05) is 37.3 Å². The minimum atomic E-state index is -0.461. The van der Waals surface area contributed by atoms with Crippen molar-refractivity contribution < 1.29 is 14.3 Å². The van der Waals surface area contributed by atoms with E-state index in [-0.39, 0.29) is 18.7 Å². The molecule has 1 atom stereocenters. The van der Waals surface area contributed by atoms with Gasteiger partial charge >= 0.3 is 6.03 Å². The Kier molecular flexibility index (Phi) is 4.07. The van der Waals surface area contributed by atoms with Crippen LogP contribution in [0, 0.1) is 0 Å². The minimum Gasteiger partial charge on any atom is -0.459 e. The summed E-state index contributed by atoms with van der Waals surface area (Å²) in [6, 6.07) is 9.22. The van der Waals surface area contributed by atoms with Crippen molar-refractivity contribution in [1.82, 2.24) is 10.6 Å². The fraction of sp³-hybridized carbons (Fsp3) is 0.471. The average Bonchev–Trinajstić information content (AvgIpc) is 3.13. The highest BCUT2D eigenvalue weighted by molar-refractivity contribution is 5.78. The van der Waals surface area contributed by atoms with Crippen LogP contribution in [-0.4, -0.2) is 23.3 Å². The molecule has 1 aromatic heterocycles. The summed E-state index contributed by atoms with van der Waals surface area (Å²) in [5.41, 5.74) is 0.353. The van der Waals surface area contributed by atoms with Crippen molar-refractivity contribution in [3.63, 3.8) is 0 Å². The number of benzene rings is 1. The number of urea groups is 1. The number of carbonyl (C=O) groups is 1. The van der Waals surface area contributed by atoms with Gasteiger partial charge in [0.25, 0.3) is 0 Å². The maximum absolute atomic E-state index is 12.2. The fourth-order valence-electron chi connectivity index (χ4n) is 3.13. The molecule has 1 aromatic carbocycles. The van der Waals surface area contributed by atoms with Crippen molar-refractivity contribution in [2.24, 2.45) is 0 Å². The van der Waals surface area contributed by atoms with Gasteiger partial charge in [-0.2, -0.15) is 0 Å². The Hall–Kier alpha value is -2.01. The van der Waals surface area contributed by atoms with Crippen molar-refractivity contribution in [3.8, 4) is 0 Å². The number of nitrogens with one attached hydrogen (secondary N) is 2. The molecule has 5 heteroatoms. The highest BCUT2D eigenvalue weighted by Crippen LogP contribution is 2.29. The van der Waals surface area contributed by atoms with Crippen LogP contribution in [0.5, 0.6) is 0 Å². The molecule has 2 aromatic rings. The first-order valence-electron chi connectivity index (χ1n) is 7.80. The van der Waals surface area contributed by atoms with E-state index in [2.05, 4.69) is 10.6 Å². The molecule has 22 heavy (non-hydrogen) atoms. The summed E-state index contributed by atoms with van der Waals surface area (Å²) < 4.78 is 5.76. The second-order valence-electron chi connectivity index (χ2n) is 6.15. The standard InChI is InChI=1S/C17H22N2O3/c1-12(15-10-13-6-2-3-7-14(13)22-15)18-16(21)19-17(11-20)8-4-5-9-17/h2-3,6-7,10,12,20H,4-5,8-9,11H2,1H3,(H2,18,19,21). The molecule has 3 rings (SSSR count). The van der Waals surface area contributed by atoms with Gasteiger partial charge in [0.2, 0.25) is 0 Å². The quantitative estimate of drug-likeness (QED) is 0.812. The summed E-state index contributed by atoms with van der Waals surface area (Å²) in [7, 11) is 0. The van der Waals surface area contributed by atoms with Crippen LogP contribution in [0.1, 0.15) is 44.4 Å². The number of amides is 2. The van der Waals surface area contributed by atoms with Crippen LogP contribution < -0.4 is 10.6 Å². The molecule has 0 aliphatic heterocycles. The van der Waals surface area contributed by atoms with E-state index >= 15 is 0 Å². The molecule has 1 fully saturated rings. The van der Waals surface area contributed by atoms with Crippen LogP contribution >= 0.6 is 0 Å². The van der Waals surface area contributed by atoms with Gasteiger partial charge in [-0.25, -0.2) is 4.79 Å². The molecule has 0 saturated heterocycles. The lowest BCUT2D eigenvalue weighted by molar-refractivity contribution is 0.161. The van der Waals surface area contributed by atoms with Crippen LogP contribution in [0.3, 0.4) is 0 Å². The van der Waals surface area contributed by atoms with Gasteiger partial charge in [0.05, 0.1) is 18.2 Å². The number of furan rings is 1. The van der Waals surface area contributed by atoms with Crippen molar-refractivity contribution in [2.45, 2.75) is 44.2 Å². The SMILES string of the molecule is CC(NC(=O)NC1(CO)CCCC1)c1cc2ccccc2o1. The van der Waals surface area contributed by atoms with E-state index in [1.54, 1.807) is 0 Å². The van der Waals surface area contributed by atoms with Gasteiger partial charge in [-0.3, -0.25) is 0 Å². The summed E-state index contributed by atoms with van der Waals surface area (Å²) in [5.74, 6) is 0.723. The van der Waals surface area contributed by atoms with Gasteiger partial charge in [0.1, 0.15) is 11.3 Å². The monoisotopic (exact) mass is 302 g/mol.